The second-order valence-electron chi connectivity index (χ2n) is 4.69. The summed E-state index contributed by atoms with van der Waals surface area (Å²) in [4.78, 5) is 12.0. The molecule has 0 aromatic heterocycles. The third-order valence-corrected chi connectivity index (χ3v) is 3.40. The fourth-order valence-electron chi connectivity index (χ4n) is 2.06. The van der Waals surface area contributed by atoms with Crippen LogP contribution in [0.4, 0.5) is 4.39 Å². The van der Waals surface area contributed by atoms with Crippen molar-refractivity contribution in [1.82, 2.24) is 5.32 Å². The third kappa shape index (κ3) is 5.00. The molecular formula is C15H21ClFNO2. The Bertz CT molecular complexity index is 434. The van der Waals surface area contributed by atoms with Gasteiger partial charge in [0.25, 0.3) is 5.91 Å². The van der Waals surface area contributed by atoms with Gasteiger partial charge in [-0.05, 0) is 37.0 Å². The standard InChI is InChI=1S/C15H21ClFNO2/c1-3-4-11(7-8-16)10-18-15(19)12-5-6-14(20-2)13(17)9-12/h5-6,9,11H,3-4,7-8,10H2,1-2H3,(H,18,19). The highest BCUT2D eigenvalue weighted by molar-refractivity contribution is 6.17. The van der Waals surface area contributed by atoms with Crippen molar-refractivity contribution >= 4 is 17.5 Å². The van der Waals surface area contributed by atoms with Crippen molar-refractivity contribution < 1.29 is 13.9 Å². The molecule has 0 aliphatic carbocycles. The van der Waals surface area contributed by atoms with Gasteiger partial charge in [0.2, 0.25) is 0 Å². The van der Waals surface area contributed by atoms with E-state index in [1.54, 1.807) is 6.07 Å². The summed E-state index contributed by atoms with van der Waals surface area (Å²) in [5.74, 6) is 0.267. The average molecular weight is 302 g/mol. The zero-order chi connectivity index (χ0) is 15.0. The topological polar surface area (TPSA) is 38.3 Å². The van der Waals surface area contributed by atoms with Crippen LogP contribution in [0.1, 0.15) is 36.5 Å². The minimum atomic E-state index is -0.536. The maximum absolute atomic E-state index is 13.5. The Morgan fingerprint density at radius 2 is 2.20 bits per heavy atom. The number of rotatable bonds is 8. The minimum absolute atomic E-state index is 0.132. The molecule has 3 nitrogen and oxygen atoms in total. The Balaban J connectivity index is 2.59. The van der Waals surface area contributed by atoms with Crippen LogP contribution in [0, 0.1) is 11.7 Å². The van der Waals surface area contributed by atoms with Gasteiger partial charge in [0.05, 0.1) is 7.11 Å². The van der Waals surface area contributed by atoms with Gasteiger partial charge in [-0.3, -0.25) is 4.79 Å². The van der Waals surface area contributed by atoms with E-state index in [2.05, 4.69) is 12.2 Å². The normalized spacial score (nSPS) is 12.0. The number of amides is 1. The first kappa shape index (κ1) is 16.8. The summed E-state index contributed by atoms with van der Waals surface area (Å²) in [7, 11) is 1.39. The first-order valence-electron chi connectivity index (χ1n) is 6.80. The van der Waals surface area contributed by atoms with Gasteiger partial charge in [0.15, 0.2) is 11.6 Å². The quantitative estimate of drug-likeness (QED) is 0.745. The van der Waals surface area contributed by atoms with Gasteiger partial charge in [-0.1, -0.05) is 13.3 Å². The van der Waals surface area contributed by atoms with Gasteiger partial charge in [-0.2, -0.15) is 0 Å². The minimum Gasteiger partial charge on any atom is -0.494 e. The number of halogens is 2. The summed E-state index contributed by atoms with van der Waals surface area (Å²) in [5.41, 5.74) is 0.296. The summed E-state index contributed by atoms with van der Waals surface area (Å²) in [6.45, 7) is 2.66. The zero-order valence-corrected chi connectivity index (χ0v) is 12.7. The monoisotopic (exact) mass is 301 g/mol. The highest BCUT2D eigenvalue weighted by atomic mass is 35.5. The maximum Gasteiger partial charge on any atom is 0.251 e. The summed E-state index contributed by atoms with van der Waals surface area (Å²) < 4.78 is 18.3. The van der Waals surface area contributed by atoms with Crippen LogP contribution in [-0.4, -0.2) is 25.4 Å². The molecule has 1 N–H and O–H groups in total. The van der Waals surface area contributed by atoms with Crippen molar-refractivity contribution in [3.63, 3.8) is 0 Å². The van der Waals surface area contributed by atoms with Gasteiger partial charge in [-0.15, -0.1) is 11.6 Å². The first-order chi connectivity index (χ1) is 9.62. The van der Waals surface area contributed by atoms with Crippen molar-refractivity contribution in [3.05, 3.63) is 29.6 Å². The van der Waals surface area contributed by atoms with Crippen LogP contribution in [-0.2, 0) is 0 Å². The van der Waals surface area contributed by atoms with Gasteiger partial charge in [0, 0.05) is 18.0 Å². The summed E-state index contributed by atoms with van der Waals surface area (Å²) in [5, 5.41) is 2.83. The number of hydrogen-bond acceptors (Lipinski definition) is 2. The molecule has 1 rings (SSSR count). The lowest BCUT2D eigenvalue weighted by molar-refractivity contribution is 0.0945. The molecule has 0 saturated heterocycles. The molecule has 5 heteroatoms. The molecule has 0 spiro atoms. The van der Waals surface area contributed by atoms with Crippen LogP contribution >= 0.6 is 11.6 Å². The maximum atomic E-state index is 13.5. The zero-order valence-electron chi connectivity index (χ0n) is 11.9. The molecule has 112 valence electrons. The molecule has 20 heavy (non-hydrogen) atoms. The van der Waals surface area contributed by atoms with E-state index in [4.69, 9.17) is 16.3 Å². The highest BCUT2D eigenvalue weighted by Gasteiger charge is 2.12. The predicted octanol–water partition coefficient (Wildman–Crippen LogP) is 3.61. The number of carbonyl (C=O) groups is 1. The molecule has 0 heterocycles. The highest BCUT2D eigenvalue weighted by Crippen LogP contribution is 2.18. The Morgan fingerprint density at radius 1 is 1.45 bits per heavy atom. The number of alkyl halides is 1. The molecule has 1 amide bonds. The number of nitrogens with one attached hydrogen (secondary N) is 1. The number of methoxy groups -OCH3 is 1. The molecule has 1 unspecified atom stereocenters. The van der Waals surface area contributed by atoms with Gasteiger partial charge in [0.1, 0.15) is 0 Å². The van der Waals surface area contributed by atoms with E-state index >= 15 is 0 Å². The molecule has 1 aromatic rings. The Morgan fingerprint density at radius 3 is 2.75 bits per heavy atom. The van der Waals surface area contributed by atoms with Crippen LogP contribution in [0.2, 0.25) is 0 Å². The SMILES string of the molecule is CCCC(CCCl)CNC(=O)c1ccc(OC)c(F)c1. The van der Waals surface area contributed by atoms with Gasteiger partial charge < -0.3 is 10.1 Å². The predicted molar refractivity (Wildman–Crippen MR) is 79.0 cm³/mol. The summed E-state index contributed by atoms with van der Waals surface area (Å²) in [6.07, 6.45) is 2.94. The van der Waals surface area contributed by atoms with Crippen LogP contribution in [0.3, 0.4) is 0 Å². The second kappa shape index (κ2) is 8.80. The lowest BCUT2D eigenvalue weighted by Crippen LogP contribution is -2.29. The van der Waals surface area contributed by atoms with Crippen molar-refractivity contribution in [2.75, 3.05) is 19.5 Å². The lowest BCUT2D eigenvalue weighted by atomic mass is 10.0. The van der Waals surface area contributed by atoms with E-state index in [0.717, 1.165) is 19.3 Å². The molecular weight excluding hydrogens is 281 g/mol. The second-order valence-corrected chi connectivity index (χ2v) is 5.07. The largest absolute Gasteiger partial charge is 0.494 e. The van der Waals surface area contributed by atoms with Crippen molar-refractivity contribution in [2.24, 2.45) is 5.92 Å². The molecule has 0 saturated carbocycles. The molecule has 1 aromatic carbocycles. The number of ether oxygens (including phenoxy) is 1. The molecule has 0 aliphatic heterocycles. The van der Waals surface area contributed by atoms with E-state index < -0.39 is 5.82 Å². The smallest absolute Gasteiger partial charge is 0.251 e. The van der Waals surface area contributed by atoms with Crippen molar-refractivity contribution in [2.45, 2.75) is 26.2 Å². The van der Waals surface area contributed by atoms with E-state index in [1.807, 2.05) is 0 Å². The number of hydrogen-bond donors (Lipinski definition) is 1. The first-order valence-corrected chi connectivity index (χ1v) is 7.33. The van der Waals surface area contributed by atoms with E-state index in [1.165, 1.54) is 19.2 Å². The van der Waals surface area contributed by atoms with Crippen LogP contribution in [0.25, 0.3) is 0 Å². The van der Waals surface area contributed by atoms with Crippen molar-refractivity contribution in [3.8, 4) is 5.75 Å². The van der Waals surface area contributed by atoms with E-state index in [0.29, 0.717) is 23.9 Å². The van der Waals surface area contributed by atoms with Crippen LogP contribution in [0.15, 0.2) is 18.2 Å². The molecule has 0 bridgehead atoms. The number of benzene rings is 1. The molecule has 0 radical (unpaired) electrons. The van der Waals surface area contributed by atoms with Crippen molar-refractivity contribution in [1.29, 1.82) is 0 Å². The van der Waals surface area contributed by atoms with Crippen LogP contribution in [0.5, 0.6) is 5.75 Å². The molecule has 1 atom stereocenters. The fourth-order valence-corrected chi connectivity index (χ4v) is 2.37. The Kier molecular flexibility index (Phi) is 7.37. The Hall–Kier alpha value is -1.29. The molecule has 0 aliphatic rings. The number of carbonyl (C=O) groups excluding carboxylic acids is 1. The van der Waals surface area contributed by atoms with Crippen LogP contribution < -0.4 is 10.1 Å². The fraction of sp³-hybridized carbons (Fsp3) is 0.533. The third-order valence-electron chi connectivity index (χ3n) is 3.18. The molecule has 0 fully saturated rings. The average Bonchev–Trinajstić information content (AvgIpc) is 2.44. The lowest BCUT2D eigenvalue weighted by Gasteiger charge is -2.15. The summed E-state index contributed by atoms with van der Waals surface area (Å²) >= 11 is 5.74. The van der Waals surface area contributed by atoms with E-state index in [-0.39, 0.29) is 11.7 Å². The summed E-state index contributed by atoms with van der Waals surface area (Å²) in [6, 6.07) is 4.19. The van der Waals surface area contributed by atoms with E-state index in [9.17, 15) is 9.18 Å². The van der Waals surface area contributed by atoms with Gasteiger partial charge >= 0.3 is 0 Å². The Labute approximate surface area is 124 Å². The van der Waals surface area contributed by atoms with Gasteiger partial charge in [-0.25, -0.2) is 4.39 Å².